The predicted octanol–water partition coefficient (Wildman–Crippen LogP) is 5.46. The van der Waals surface area contributed by atoms with Gasteiger partial charge in [-0.1, -0.05) is 37.1 Å². The van der Waals surface area contributed by atoms with Crippen molar-refractivity contribution >= 4 is 22.6 Å². The largest absolute Gasteiger partial charge is 0.486 e. The molecule has 0 aliphatic rings. The van der Waals surface area contributed by atoms with Gasteiger partial charge in [0.1, 0.15) is 5.58 Å². The maximum atomic E-state index is 12.9. The van der Waals surface area contributed by atoms with E-state index >= 15 is 0 Å². The topological polar surface area (TPSA) is 39.4 Å². The van der Waals surface area contributed by atoms with Crippen molar-refractivity contribution in [3.63, 3.8) is 0 Å². The highest BCUT2D eigenvalue weighted by atomic mass is 35.5. The Hall–Kier alpha value is -2.26. The third kappa shape index (κ3) is 3.31. The molecule has 0 amide bonds. The summed E-state index contributed by atoms with van der Waals surface area (Å²) in [6.07, 6.45) is 0. The molecule has 0 unspecified atom stereocenters. The van der Waals surface area contributed by atoms with Gasteiger partial charge in [0.05, 0.1) is 12.0 Å². The molecule has 1 aromatic heterocycles. The lowest BCUT2D eigenvalue weighted by Gasteiger charge is -2.13. The maximum absolute atomic E-state index is 12.9. The zero-order valence-electron chi connectivity index (χ0n) is 13.9. The summed E-state index contributed by atoms with van der Waals surface area (Å²) in [6, 6.07) is 12.7. The standard InChI is InChI=1S/C20H19ClO3/c1-12(2)11-23-20-18(22)16-10-13(3)4-9-17(16)24-19(20)14-5-7-15(21)8-6-14/h4-10,12H,11H2,1-3H3. The normalized spacial score (nSPS) is 11.2. The van der Waals surface area contributed by atoms with Gasteiger partial charge in [-0.25, -0.2) is 0 Å². The molecular formula is C20H19ClO3. The van der Waals surface area contributed by atoms with Crippen LogP contribution in [0.25, 0.3) is 22.3 Å². The van der Waals surface area contributed by atoms with Crippen molar-refractivity contribution in [1.29, 1.82) is 0 Å². The number of aryl methyl sites for hydroxylation is 1. The van der Waals surface area contributed by atoms with Crippen LogP contribution in [0.2, 0.25) is 5.02 Å². The molecule has 124 valence electrons. The summed E-state index contributed by atoms with van der Waals surface area (Å²) in [4.78, 5) is 12.9. The van der Waals surface area contributed by atoms with E-state index in [1.807, 2.05) is 51.1 Å². The number of hydrogen-bond acceptors (Lipinski definition) is 3. The van der Waals surface area contributed by atoms with E-state index in [4.69, 9.17) is 20.8 Å². The summed E-state index contributed by atoms with van der Waals surface area (Å²) in [5, 5.41) is 1.16. The van der Waals surface area contributed by atoms with Crippen LogP contribution in [0.5, 0.6) is 5.75 Å². The zero-order chi connectivity index (χ0) is 17.3. The van der Waals surface area contributed by atoms with Crippen LogP contribution in [0.15, 0.2) is 51.7 Å². The molecule has 0 N–H and O–H groups in total. The Kier molecular flexibility index (Phi) is 4.63. The SMILES string of the molecule is Cc1ccc2oc(-c3ccc(Cl)cc3)c(OCC(C)C)c(=O)c2c1. The van der Waals surface area contributed by atoms with Crippen LogP contribution in [0, 0.1) is 12.8 Å². The number of hydrogen-bond donors (Lipinski definition) is 0. The van der Waals surface area contributed by atoms with Crippen LogP contribution in [-0.4, -0.2) is 6.61 Å². The quantitative estimate of drug-likeness (QED) is 0.632. The first-order valence-electron chi connectivity index (χ1n) is 7.92. The van der Waals surface area contributed by atoms with E-state index in [0.29, 0.717) is 34.3 Å². The molecule has 0 fully saturated rings. The van der Waals surface area contributed by atoms with E-state index in [1.165, 1.54) is 0 Å². The van der Waals surface area contributed by atoms with Crippen molar-refractivity contribution in [3.8, 4) is 17.1 Å². The molecule has 0 bridgehead atoms. The number of rotatable bonds is 4. The van der Waals surface area contributed by atoms with Gasteiger partial charge < -0.3 is 9.15 Å². The summed E-state index contributed by atoms with van der Waals surface area (Å²) in [7, 11) is 0. The molecule has 3 aromatic rings. The predicted molar refractivity (Wildman–Crippen MR) is 98.0 cm³/mol. The first-order valence-corrected chi connectivity index (χ1v) is 8.29. The van der Waals surface area contributed by atoms with E-state index < -0.39 is 0 Å². The zero-order valence-corrected chi connectivity index (χ0v) is 14.7. The Labute approximate surface area is 145 Å². The van der Waals surface area contributed by atoms with Crippen molar-refractivity contribution in [2.45, 2.75) is 20.8 Å². The van der Waals surface area contributed by atoms with Crippen LogP contribution in [0.4, 0.5) is 0 Å². The second-order valence-electron chi connectivity index (χ2n) is 6.30. The van der Waals surface area contributed by atoms with E-state index in [0.717, 1.165) is 11.1 Å². The van der Waals surface area contributed by atoms with Gasteiger partial charge >= 0.3 is 0 Å². The monoisotopic (exact) mass is 342 g/mol. The molecule has 4 heteroatoms. The minimum atomic E-state index is -0.148. The fraction of sp³-hybridized carbons (Fsp3) is 0.250. The molecule has 3 nitrogen and oxygen atoms in total. The minimum absolute atomic E-state index is 0.148. The first-order chi connectivity index (χ1) is 11.5. The third-order valence-electron chi connectivity index (χ3n) is 3.67. The second kappa shape index (κ2) is 6.70. The Balaban J connectivity index is 2.25. The minimum Gasteiger partial charge on any atom is -0.486 e. The first kappa shape index (κ1) is 16.6. The van der Waals surface area contributed by atoms with Gasteiger partial charge in [0.15, 0.2) is 5.76 Å². The van der Waals surface area contributed by atoms with E-state index in [1.54, 1.807) is 12.1 Å². The summed E-state index contributed by atoms with van der Waals surface area (Å²) < 4.78 is 11.8. The van der Waals surface area contributed by atoms with E-state index in [-0.39, 0.29) is 11.2 Å². The summed E-state index contributed by atoms with van der Waals surface area (Å²) in [5.74, 6) is 0.994. The average molecular weight is 343 g/mol. The Bertz CT molecular complexity index is 924. The summed E-state index contributed by atoms with van der Waals surface area (Å²) in [5.41, 5.74) is 2.17. The smallest absolute Gasteiger partial charge is 0.235 e. The lowest BCUT2D eigenvalue weighted by atomic mass is 10.1. The molecule has 0 spiro atoms. The van der Waals surface area contributed by atoms with Crippen molar-refractivity contribution in [3.05, 3.63) is 63.3 Å². The fourth-order valence-electron chi connectivity index (χ4n) is 2.46. The summed E-state index contributed by atoms with van der Waals surface area (Å²) in [6.45, 7) is 6.47. The summed E-state index contributed by atoms with van der Waals surface area (Å²) >= 11 is 5.96. The highest BCUT2D eigenvalue weighted by molar-refractivity contribution is 6.30. The van der Waals surface area contributed by atoms with Gasteiger partial charge in [0.25, 0.3) is 0 Å². The highest BCUT2D eigenvalue weighted by Gasteiger charge is 2.18. The van der Waals surface area contributed by atoms with Gasteiger partial charge in [-0.05, 0) is 49.2 Å². The number of ether oxygens (including phenoxy) is 1. The van der Waals surface area contributed by atoms with Gasteiger partial charge in [-0.15, -0.1) is 0 Å². The fourth-order valence-corrected chi connectivity index (χ4v) is 2.59. The van der Waals surface area contributed by atoms with Crippen molar-refractivity contribution in [2.24, 2.45) is 5.92 Å². The molecule has 0 aliphatic heterocycles. The van der Waals surface area contributed by atoms with Crippen molar-refractivity contribution in [2.75, 3.05) is 6.61 Å². The Morgan fingerprint density at radius 2 is 1.83 bits per heavy atom. The molecule has 0 saturated carbocycles. The molecule has 24 heavy (non-hydrogen) atoms. The van der Waals surface area contributed by atoms with Gasteiger partial charge in [0.2, 0.25) is 11.2 Å². The Morgan fingerprint density at radius 1 is 1.12 bits per heavy atom. The van der Waals surface area contributed by atoms with Crippen LogP contribution < -0.4 is 10.2 Å². The number of benzene rings is 2. The van der Waals surface area contributed by atoms with Gasteiger partial charge in [-0.2, -0.15) is 0 Å². The molecular weight excluding hydrogens is 324 g/mol. The molecule has 0 radical (unpaired) electrons. The highest BCUT2D eigenvalue weighted by Crippen LogP contribution is 2.32. The number of halogens is 1. The molecule has 0 saturated heterocycles. The van der Waals surface area contributed by atoms with Crippen molar-refractivity contribution < 1.29 is 9.15 Å². The Morgan fingerprint density at radius 3 is 2.50 bits per heavy atom. The van der Waals surface area contributed by atoms with Gasteiger partial charge in [-0.3, -0.25) is 4.79 Å². The lowest BCUT2D eigenvalue weighted by molar-refractivity contribution is 0.265. The van der Waals surface area contributed by atoms with Gasteiger partial charge in [0, 0.05) is 10.6 Å². The molecule has 3 rings (SSSR count). The lowest BCUT2D eigenvalue weighted by Crippen LogP contribution is -2.14. The van der Waals surface area contributed by atoms with Crippen molar-refractivity contribution in [1.82, 2.24) is 0 Å². The second-order valence-corrected chi connectivity index (χ2v) is 6.74. The van der Waals surface area contributed by atoms with E-state index in [2.05, 4.69) is 0 Å². The number of fused-ring (bicyclic) bond motifs is 1. The van der Waals surface area contributed by atoms with Crippen LogP contribution in [0.1, 0.15) is 19.4 Å². The molecule has 1 heterocycles. The molecule has 0 atom stereocenters. The third-order valence-corrected chi connectivity index (χ3v) is 3.92. The van der Waals surface area contributed by atoms with Crippen LogP contribution in [-0.2, 0) is 0 Å². The van der Waals surface area contributed by atoms with Crippen LogP contribution in [0.3, 0.4) is 0 Å². The average Bonchev–Trinajstić information content (AvgIpc) is 2.55. The van der Waals surface area contributed by atoms with E-state index in [9.17, 15) is 4.79 Å². The molecule has 0 aliphatic carbocycles. The van der Waals surface area contributed by atoms with Crippen LogP contribution >= 0.6 is 11.6 Å². The maximum Gasteiger partial charge on any atom is 0.235 e. The molecule has 2 aromatic carbocycles.